The van der Waals surface area contributed by atoms with Gasteiger partial charge in [-0.1, -0.05) is 15.9 Å². The maximum absolute atomic E-state index is 6.22. The van der Waals surface area contributed by atoms with E-state index in [0.29, 0.717) is 0 Å². The first-order chi connectivity index (χ1) is 7.51. The molecular weight excluding hydrogens is 264 g/mol. The third-order valence-electron chi connectivity index (χ3n) is 3.64. The van der Waals surface area contributed by atoms with Crippen LogP contribution in [0.1, 0.15) is 26.7 Å². The van der Waals surface area contributed by atoms with Crippen LogP contribution in [-0.2, 0) is 0 Å². The maximum atomic E-state index is 6.22. The summed E-state index contributed by atoms with van der Waals surface area (Å²) in [6.07, 6.45) is 2.31. The lowest BCUT2D eigenvalue weighted by molar-refractivity contribution is 0.310. The van der Waals surface area contributed by atoms with E-state index in [1.807, 2.05) is 0 Å². The highest BCUT2D eigenvalue weighted by Gasteiger charge is 2.36. The van der Waals surface area contributed by atoms with Gasteiger partial charge in [0.2, 0.25) is 0 Å². The molecule has 0 bridgehead atoms. The number of piperidine rings is 1. The molecule has 1 aromatic carbocycles. The van der Waals surface area contributed by atoms with Gasteiger partial charge in [0.1, 0.15) is 0 Å². The highest BCUT2D eigenvalue weighted by Crippen LogP contribution is 2.32. The summed E-state index contributed by atoms with van der Waals surface area (Å²) in [7, 11) is 0. The van der Waals surface area contributed by atoms with Crippen molar-refractivity contribution in [3.05, 3.63) is 28.7 Å². The summed E-state index contributed by atoms with van der Waals surface area (Å²) >= 11 is 3.47. The quantitative estimate of drug-likeness (QED) is 0.858. The second kappa shape index (κ2) is 4.38. The van der Waals surface area contributed by atoms with Gasteiger partial charge in [-0.25, -0.2) is 0 Å². The second-order valence-electron chi connectivity index (χ2n) is 5.03. The average Bonchev–Trinajstić information content (AvgIpc) is 2.24. The summed E-state index contributed by atoms with van der Waals surface area (Å²) in [5, 5.41) is 0. The van der Waals surface area contributed by atoms with Gasteiger partial charge in [0.05, 0.1) is 0 Å². The van der Waals surface area contributed by atoms with E-state index in [9.17, 15) is 0 Å². The summed E-state index contributed by atoms with van der Waals surface area (Å²) in [6.45, 7) is 5.57. The van der Waals surface area contributed by atoms with Gasteiger partial charge in [-0.2, -0.15) is 0 Å². The molecule has 1 fully saturated rings. The first-order valence-electron chi connectivity index (χ1n) is 5.80. The predicted octanol–water partition coefficient (Wildman–Crippen LogP) is 3.16. The molecule has 1 unspecified atom stereocenters. The molecule has 2 nitrogen and oxygen atoms in total. The first kappa shape index (κ1) is 11.9. The van der Waals surface area contributed by atoms with Crippen molar-refractivity contribution < 1.29 is 0 Å². The summed E-state index contributed by atoms with van der Waals surface area (Å²) < 4.78 is 1.12. The molecule has 1 atom stereocenters. The average molecular weight is 283 g/mol. The Morgan fingerprint density at radius 1 is 1.31 bits per heavy atom. The van der Waals surface area contributed by atoms with E-state index in [4.69, 9.17) is 5.73 Å². The lowest BCUT2D eigenvalue weighted by atomic mass is 9.85. The second-order valence-corrected chi connectivity index (χ2v) is 5.95. The molecule has 1 aliphatic rings. The molecule has 16 heavy (non-hydrogen) atoms. The number of hydrogen-bond donors (Lipinski definition) is 1. The monoisotopic (exact) mass is 282 g/mol. The van der Waals surface area contributed by atoms with Crippen LogP contribution in [-0.4, -0.2) is 18.1 Å². The molecule has 0 spiro atoms. The van der Waals surface area contributed by atoms with Crippen LogP contribution in [0.25, 0.3) is 0 Å². The van der Waals surface area contributed by atoms with Gasteiger partial charge in [0.15, 0.2) is 0 Å². The van der Waals surface area contributed by atoms with E-state index >= 15 is 0 Å². The Morgan fingerprint density at radius 3 is 2.56 bits per heavy atom. The van der Waals surface area contributed by atoms with E-state index in [2.05, 4.69) is 58.9 Å². The van der Waals surface area contributed by atoms with Crippen molar-refractivity contribution in [2.75, 3.05) is 11.4 Å². The lowest BCUT2D eigenvalue weighted by Crippen LogP contribution is -2.59. The van der Waals surface area contributed by atoms with Gasteiger partial charge in [-0.15, -0.1) is 0 Å². The van der Waals surface area contributed by atoms with Crippen molar-refractivity contribution in [3.63, 3.8) is 0 Å². The number of hydrogen-bond acceptors (Lipinski definition) is 2. The molecule has 3 heteroatoms. The molecule has 0 saturated carbocycles. The maximum Gasteiger partial charge on any atom is 0.0496 e. The summed E-state index contributed by atoms with van der Waals surface area (Å²) in [5.41, 5.74) is 7.53. The van der Waals surface area contributed by atoms with E-state index in [0.717, 1.165) is 17.4 Å². The number of nitrogens with two attached hydrogens (primary N) is 1. The van der Waals surface area contributed by atoms with Crippen molar-refractivity contribution in [2.45, 2.75) is 38.3 Å². The molecule has 0 aromatic heterocycles. The van der Waals surface area contributed by atoms with Gasteiger partial charge in [-0.05, 0) is 51.0 Å². The summed E-state index contributed by atoms with van der Waals surface area (Å²) in [4.78, 5) is 2.42. The SMILES string of the molecule is CC1(C)C(N)CCCN1c1ccc(Br)cc1. The van der Waals surface area contributed by atoms with Crippen LogP contribution in [0.2, 0.25) is 0 Å². The minimum absolute atomic E-state index is 0.0477. The number of benzene rings is 1. The van der Waals surface area contributed by atoms with E-state index < -0.39 is 0 Å². The van der Waals surface area contributed by atoms with E-state index in [-0.39, 0.29) is 11.6 Å². The predicted molar refractivity (Wildman–Crippen MR) is 72.8 cm³/mol. The number of nitrogens with zero attached hydrogens (tertiary/aromatic N) is 1. The molecule has 0 amide bonds. The summed E-state index contributed by atoms with van der Waals surface area (Å²) in [5.74, 6) is 0. The lowest BCUT2D eigenvalue weighted by Gasteiger charge is -2.48. The largest absolute Gasteiger partial charge is 0.365 e. The third kappa shape index (κ3) is 2.11. The van der Waals surface area contributed by atoms with Crippen molar-refractivity contribution in [1.82, 2.24) is 0 Å². The number of anilines is 1. The molecular formula is C13H19BrN2. The van der Waals surface area contributed by atoms with Gasteiger partial charge in [-0.3, -0.25) is 0 Å². The zero-order valence-corrected chi connectivity index (χ0v) is 11.5. The van der Waals surface area contributed by atoms with Crippen LogP contribution in [0.4, 0.5) is 5.69 Å². The Bertz CT molecular complexity index is 359. The van der Waals surface area contributed by atoms with Crippen LogP contribution in [0.5, 0.6) is 0 Å². The zero-order valence-electron chi connectivity index (χ0n) is 9.91. The Morgan fingerprint density at radius 2 is 1.94 bits per heavy atom. The normalized spacial score (nSPS) is 24.5. The molecule has 0 radical (unpaired) electrons. The van der Waals surface area contributed by atoms with Gasteiger partial charge < -0.3 is 10.6 Å². The Balaban J connectivity index is 2.28. The van der Waals surface area contributed by atoms with Crippen molar-refractivity contribution in [1.29, 1.82) is 0 Å². The fourth-order valence-corrected chi connectivity index (χ4v) is 2.66. The van der Waals surface area contributed by atoms with E-state index in [1.54, 1.807) is 0 Å². The molecule has 88 valence electrons. The Hall–Kier alpha value is -0.540. The van der Waals surface area contributed by atoms with Crippen molar-refractivity contribution in [3.8, 4) is 0 Å². The zero-order chi connectivity index (χ0) is 11.8. The molecule has 1 saturated heterocycles. The van der Waals surface area contributed by atoms with Crippen molar-refractivity contribution in [2.24, 2.45) is 5.73 Å². The van der Waals surface area contributed by atoms with Crippen LogP contribution in [0.15, 0.2) is 28.7 Å². The van der Waals surface area contributed by atoms with Crippen LogP contribution in [0.3, 0.4) is 0 Å². The minimum atomic E-state index is 0.0477. The topological polar surface area (TPSA) is 29.3 Å². The first-order valence-corrected chi connectivity index (χ1v) is 6.60. The van der Waals surface area contributed by atoms with Gasteiger partial charge in [0, 0.05) is 28.3 Å². The standard InChI is InChI=1S/C13H19BrN2/c1-13(2)12(15)4-3-9-16(13)11-7-5-10(14)6-8-11/h5-8,12H,3-4,9,15H2,1-2H3. The van der Waals surface area contributed by atoms with Crippen LogP contribution < -0.4 is 10.6 Å². The number of rotatable bonds is 1. The van der Waals surface area contributed by atoms with Crippen LogP contribution >= 0.6 is 15.9 Å². The highest BCUT2D eigenvalue weighted by atomic mass is 79.9. The fraction of sp³-hybridized carbons (Fsp3) is 0.538. The summed E-state index contributed by atoms with van der Waals surface area (Å²) in [6, 6.07) is 8.75. The Kier molecular flexibility index (Phi) is 3.27. The molecule has 1 heterocycles. The molecule has 2 rings (SSSR count). The van der Waals surface area contributed by atoms with Gasteiger partial charge >= 0.3 is 0 Å². The van der Waals surface area contributed by atoms with Gasteiger partial charge in [0.25, 0.3) is 0 Å². The number of halogens is 1. The smallest absolute Gasteiger partial charge is 0.0496 e. The molecule has 0 aliphatic carbocycles. The van der Waals surface area contributed by atoms with Crippen LogP contribution in [0, 0.1) is 0 Å². The van der Waals surface area contributed by atoms with Crippen molar-refractivity contribution >= 4 is 21.6 Å². The Labute approximate surface area is 106 Å². The third-order valence-corrected chi connectivity index (χ3v) is 4.17. The fourth-order valence-electron chi connectivity index (χ4n) is 2.39. The molecule has 1 aromatic rings. The highest BCUT2D eigenvalue weighted by molar-refractivity contribution is 9.10. The molecule has 2 N–H and O–H groups in total. The minimum Gasteiger partial charge on any atom is -0.365 e. The van der Waals surface area contributed by atoms with E-state index in [1.165, 1.54) is 12.1 Å². The molecule has 1 aliphatic heterocycles.